The topological polar surface area (TPSA) is 24.5 Å². The molecular formula is C13H28N2O. The van der Waals surface area contributed by atoms with E-state index in [1.807, 2.05) is 0 Å². The van der Waals surface area contributed by atoms with Gasteiger partial charge in [-0.2, -0.15) is 0 Å². The molecule has 0 aromatic rings. The zero-order chi connectivity index (χ0) is 11.8. The lowest BCUT2D eigenvalue weighted by Crippen LogP contribution is -2.38. The van der Waals surface area contributed by atoms with Crippen molar-refractivity contribution in [2.45, 2.75) is 39.2 Å². The molecule has 0 spiro atoms. The number of ether oxygens (including phenoxy) is 1. The summed E-state index contributed by atoms with van der Waals surface area (Å²) in [6.45, 7) is 10.3. The van der Waals surface area contributed by atoms with Gasteiger partial charge in [0.05, 0.1) is 6.61 Å². The predicted molar refractivity (Wildman–Crippen MR) is 68.8 cm³/mol. The lowest BCUT2D eigenvalue weighted by Gasteiger charge is -2.23. The molecule has 0 aromatic heterocycles. The third-order valence-corrected chi connectivity index (χ3v) is 3.38. The molecule has 1 heterocycles. The van der Waals surface area contributed by atoms with Gasteiger partial charge in [0.1, 0.15) is 0 Å². The van der Waals surface area contributed by atoms with Gasteiger partial charge in [-0.15, -0.1) is 0 Å². The van der Waals surface area contributed by atoms with Gasteiger partial charge in [0, 0.05) is 19.7 Å². The Balaban J connectivity index is 2.10. The Labute approximate surface area is 101 Å². The molecule has 2 unspecified atom stereocenters. The van der Waals surface area contributed by atoms with Gasteiger partial charge >= 0.3 is 0 Å². The van der Waals surface area contributed by atoms with Crippen molar-refractivity contribution in [1.82, 2.24) is 10.2 Å². The largest absolute Gasteiger partial charge is 0.383 e. The molecule has 0 saturated carbocycles. The quantitative estimate of drug-likeness (QED) is 0.685. The number of hydrogen-bond donors (Lipinski definition) is 1. The Bertz CT molecular complexity index is 169. The highest BCUT2D eigenvalue weighted by Gasteiger charge is 2.15. The van der Waals surface area contributed by atoms with Crippen molar-refractivity contribution in [2.75, 3.05) is 39.9 Å². The van der Waals surface area contributed by atoms with Crippen LogP contribution in [0.25, 0.3) is 0 Å². The first-order valence-corrected chi connectivity index (χ1v) is 6.71. The first-order valence-electron chi connectivity index (χ1n) is 6.71. The van der Waals surface area contributed by atoms with Crippen LogP contribution >= 0.6 is 0 Å². The SMILES string of the molecule is CCC(COC)NCC(C)CN1CCCC1. The van der Waals surface area contributed by atoms with Gasteiger partial charge in [-0.25, -0.2) is 0 Å². The summed E-state index contributed by atoms with van der Waals surface area (Å²) in [7, 11) is 1.78. The first kappa shape index (κ1) is 13.9. The highest BCUT2D eigenvalue weighted by molar-refractivity contribution is 4.72. The molecular weight excluding hydrogens is 200 g/mol. The second kappa shape index (κ2) is 8.04. The standard InChI is InChI=1S/C13H28N2O/c1-4-13(11-16-3)14-9-12(2)10-15-7-5-6-8-15/h12-14H,4-11H2,1-3H3. The number of nitrogens with one attached hydrogen (secondary N) is 1. The second-order valence-corrected chi connectivity index (χ2v) is 5.08. The number of methoxy groups -OCH3 is 1. The van der Waals surface area contributed by atoms with Crippen LogP contribution in [0.1, 0.15) is 33.1 Å². The van der Waals surface area contributed by atoms with E-state index >= 15 is 0 Å². The van der Waals surface area contributed by atoms with Crippen LogP contribution in [0.5, 0.6) is 0 Å². The van der Waals surface area contributed by atoms with E-state index in [1.165, 1.54) is 32.5 Å². The van der Waals surface area contributed by atoms with Crippen LogP contribution in [0.4, 0.5) is 0 Å². The van der Waals surface area contributed by atoms with E-state index in [0.717, 1.165) is 25.5 Å². The summed E-state index contributed by atoms with van der Waals surface area (Å²) < 4.78 is 5.19. The van der Waals surface area contributed by atoms with Crippen molar-refractivity contribution in [3.05, 3.63) is 0 Å². The monoisotopic (exact) mass is 228 g/mol. The van der Waals surface area contributed by atoms with Crippen molar-refractivity contribution >= 4 is 0 Å². The summed E-state index contributed by atoms with van der Waals surface area (Å²) in [6, 6.07) is 0.519. The van der Waals surface area contributed by atoms with Gasteiger partial charge in [0.2, 0.25) is 0 Å². The van der Waals surface area contributed by atoms with Gasteiger partial charge in [-0.3, -0.25) is 0 Å². The van der Waals surface area contributed by atoms with E-state index in [4.69, 9.17) is 4.74 Å². The summed E-state index contributed by atoms with van der Waals surface area (Å²) in [5.41, 5.74) is 0. The molecule has 0 aliphatic carbocycles. The number of rotatable bonds is 8. The van der Waals surface area contributed by atoms with E-state index in [2.05, 4.69) is 24.1 Å². The Hall–Kier alpha value is -0.120. The highest BCUT2D eigenvalue weighted by Crippen LogP contribution is 2.09. The second-order valence-electron chi connectivity index (χ2n) is 5.08. The normalized spacial score (nSPS) is 21.2. The van der Waals surface area contributed by atoms with Crippen LogP contribution in [0.3, 0.4) is 0 Å². The van der Waals surface area contributed by atoms with E-state index < -0.39 is 0 Å². The minimum Gasteiger partial charge on any atom is -0.383 e. The number of likely N-dealkylation sites (tertiary alicyclic amines) is 1. The summed E-state index contributed by atoms with van der Waals surface area (Å²) in [5.74, 6) is 0.740. The van der Waals surface area contributed by atoms with Crippen molar-refractivity contribution < 1.29 is 4.74 Å². The molecule has 1 rings (SSSR count). The van der Waals surface area contributed by atoms with Gasteiger partial charge in [-0.05, 0) is 44.8 Å². The smallest absolute Gasteiger partial charge is 0.0615 e. The van der Waals surface area contributed by atoms with Crippen LogP contribution in [-0.2, 0) is 4.74 Å². The number of nitrogens with zero attached hydrogens (tertiary/aromatic N) is 1. The average Bonchev–Trinajstić information content (AvgIpc) is 2.76. The maximum Gasteiger partial charge on any atom is 0.0615 e. The van der Waals surface area contributed by atoms with Crippen LogP contribution in [0, 0.1) is 5.92 Å². The fourth-order valence-corrected chi connectivity index (χ4v) is 2.36. The van der Waals surface area contributed by atoms with Crippen molar-refractivity contribution in [2.24, 2.45) is 5.92 Å². The van der Waals surface area contributed by atoms with Gasteiger partial charge in [0.15, 0.2) is 0 Å². The summed E-state index contributed by atoms with van der Waals surface area (Å²) in [4.78, 5) is 2.59. The molecule has 2 atom stereocenters. The van der Waals surface area contributed by atoms with Crippen LogP contribution in [0.15, 0.2) is 0 Å². The maximum absolute atomic E-state index is 5.19. The Morgan fingerprint density at radius 2 is 2.00 bits per heavy atom. The van der Waals surface area contributed by atoms with E-state index in [9.17, 15) is 0 Å². The Morgan fingerprint density at radius 1 is 1.31 bits per heavy atom. The molecule has 16 heavy (non-hydrogen) atoms. The molecule has 1 aliphatic rings. The van der Waals surface area contributed by atoms with Crippen LogP contribution < -0.4 is 5.32 Å². The Morgan fingerprint density at radius 3 is 2.56 bits per heavy atom. The molecule has 96 valence electrons. The minimum atomic E-state index is 0.519. The average molecular weight is 228 g/mol. The van der Waals surface area contributed by atoms with Gasteiger partial charge in [-0.1, -0.05) is 13.8 Å². The van der Waals surface area contributed by atoms with Gasteiger partial charge < -0.3 is 15.0 Å². The Kier molecular flexibility index (Phi) is 7.01. The van der Waals surface area contributed by atoms with Crippen molar-refractivity contribution in [3.8, 4) is 0 Å². The molecule has 0 aromatic carbocycles. The fourth-order valence-electron chi connectivity index (χ4n) is 2.36. The van der Waals surface area contributed by atoms with Gasteiger partial charge in [0.25, 0.3) is 0 Å². The zero-order valence-corrected chi connectivity index (χ0v) is 11.2. The van der Waals surface area contributed by atoms with Crippen LogP contribution in [-0.4, -0.2) is 50.8 Å². The molecule has 0 amide bonds. The number of hydrogen-bond acceptors (Lipinski definition) is 3. The molecule has 0 radical (unpaired) electrons. The molecule has 0 bridgehead atoms. The molecule has 1 saturated heterocycles. The third kappa shape index (κ3) is 5.28. The minimum absolute atomic E-state index is 0.519. The molecule has 3 nitrogen and oxygen atoms in total. The molecule has 1 fully saturated rings. The lowest BCUT2D eigenvalue weighted by molar-refractivity contribution is 0.160. The molecule has 1 N–H and O–H groups in total. The summed E-state index contributed by atoms with van der Waals surface area (Å²) in [5, 5.41) is 3.59. The van der Waals surface area contributed by atoms with Crippen molar-refractivity contribution in [3.63, 3.8) is 0 Å². The molecule has 1 aliphatic heterocycles. The fraction of sp³-hybridized carbons (Fsp3) is 1.00. The van der Waals surface area contributed by atoms with Crippen LogP contribution in [0.2, 0.25) is 0 Å². The first-order chi connectivity index (χ1) is 7.76. The van der Waals surface area contributed by atoms with E-state index in [1.54, 1.807) is 7.11 Å². The zero-order valence-electron chi connectivity index (χ0n) is 11.2. The molecule has 3 heteroatoms. The highest BCUT2D eigenvalue weighted by atomic mass is 16.5. The van der Waals surface area contributed by atoms with E-state index in [-0.39, 0.29) is 0 Å². The van der Waals surface area contributed by atoms with Crippen molar-refractivity contribution in [1.29, 1.82) is 0 Å². The lowest BCUT2D eigenvalue weighted by atomic mass is 10.1. The summed E-state index contributed by atoms with van der Waals surface area (Å²) in [6.07, 6.45) is 3.92. The van der Waals surface area contributed by atoms with E-state index in [0.29, 0.717) is 6.04 Å². The maximum atomic E-state index is 5.19. The third-order valence-electron chi connectivity index (χ3n) is 3.38. The predicted octanol–water partition coefficient (Wildman–Crippen LogP) is 1.73. The summed E-state index contributed by atoms with van der Waals surface area (Å²) >= 11 is 0.